The summed E-state index contributed by atoms with van der Waals surface area (Å²) >= 11 is 7.23. The lowest BCUT2D eigenvalue weighted by Gasteiger charge is -2.08. The van der Waals surface area contributed by atoms with Crippen molar-refractivity contribution >= 4 is 54.3 Å². The number of nitrogens with zero attached hydrogens (tertiary/aromatic N) is 1. The molecule has 0 saturated carbocycles. The van der Waals surface area contributed by atoms with Gasteiger partial charge in [0.1, 0.15) is 5.52 Å². The summed E-state index contributed by atoms with van der Waals surface area (Å²) in [6.45, 7) is 1.65. The number of urea groups is 1. The van der Waals surface area contributed by atoms with Crippen LogP contribution in [0.4, 0.5) is 9.93 Å². The molecule has 2 aromatic carbocycles. The molecule has 3 rings (SSSR count). The van der Waals surface area contributed by atoms with Gasteiger partial charge in [-0.3, -0.25) is 5.32 Å². The van der Waals surface area contributed by atoms with Crippen molar-refractivity contribution in [3.05, 3.63) is 53.1 Å². The van der Waals surface area contributed by atoms with Crippen molar-refractivity contribution in [1.29, 1.82) is 0 Å². The first-order valence-corrected chi connectivity index (χ1v) is 9.49. The van der Waals surface area contributed by atoms with Gasteiger partial charge in [-0.1, -0.05) is 47.2 Å². The molecule has 0 radical (unpaired) electrons. The number of rotatable bonds is 3. The number of carbonyl (C=O) groups excluding carboxylic acids is 1. The molecular formula is C15H12ClN3O3S2. The Bertz CT molecular complexity index is 1030. The Kier molecular flexibility index (Phi) is 4.44. The van der Waals surface area contributed by atoms with Gasteiger partial charge in [-0.25, -0.2) is 22.9 Å². The van der Waals surface area contributed by atoms with E-state index in [1.807, 2.05) is 10.8 Å². The van der Waals surface area contributed by atoms with E-state index >= 15 is 0 Å². The average Bonchev–Trinajstić information content (AvgIpc) is 2.90. The van der Waals surface area contributed by atoms with Crippen molar-refractivity contribution in [2.45, 2.75) is 11.8 Å². The lowest BCUT2D eigenvalue weighted by molar-refractivity contribution is 0.256. The highest BCUT2D eigenvalue weighted by atomic mass is 35.5. The summed E-state index contributed by atoms with van der Waals surface area (Å²) in [7, 11) is -3.96. The molecule has 0 atom stereocenters. The van der Waals surface area contributed by atoms with Gasteiger partial charge in [0.15, 0.2) is 5.13 Å². The van der Waals surface area contributed by atoms with Gasteiger partial charge < -0.3 is 0 Å². The number of aryl methyl sites for hydroxylation is 1. The number of para-hydroxylation sites is 1. The Balaban J connectivity index is 1.80. The highest BCUT2D eigenvalue weighted by Crippen LogP contribution is 2.30. The fourth-order valence-corrected chi connectivity index (χ4v) is 4.44. The number of anilines is 1. The van der Waals surface area contributed by atoms with E-state index in [9.17, 15) is 13.2 Å². The lowest BCUT2D eigenvalue weighted by atomic mass is 10.2. The first kappa shape index (κ1) is 16.7. The molecular weight excluding hydrogens is 370 g/mol. The predicted molar refractivity (Wildman–Crippen MR) is 95.1 cm³/mol. The number of thiazole rings is 1. The SMILES string of the molecule is Cc1ccccc1S(=O)(=O)NC(=O)Nc1nc2c(Cl)cccc2s1. The summed E-state index contributed by atoms with van der Waals surface area (Å²) in [5.41, 5.74) is 1.10. The largest absolute Gasteiger partial charge is 0.334 e. The third-order valence-corrected chi connectivity index (χ3v) is 5.93. The number of fused-ring (bicyclic) bond motifs is 1. The Morgan fingerprint density at radius 1 is 1.17 bits per heavy atom. The number of aromatic nitrogens is 1. The quantitative estimate of drug-likeness (QED) is 0.722. The maximum absolute atomic E-state index is 12.3. The molecule has 2 amide bonds. The first-order chi connectivity index (χ1) is 11.4. The van der Waals surface area contributed by atoms with Crippen LogP contribution in [-0.4, -0.2) is 19.4 Å². The molecule has 0 saturated heterocycles. The summed E-state index contributed by atoms with van der Waals surface area (Å²) in [5, 5.41) is 3.15. The van der Waals surface area contributed by atoms with E-state index in [1.54, 1.807) is 37.3 Å². The van der Waals surface area contributed by atoms with Gasteiger partial charge in [0, 0.05) is 0 Å². The molecule has 9 heteroatoms. The van der Waals surface area contributed by atoms with Crippen molar-refractivity contribution in [3.8, 4) is 0 Å². The molecule has 0 bridgehead atoms. The fraction of sp³-hybridized carbons (Fsp3) is 0.0667. The minimum atomic E-state index is -3.96. The van der Waals surface area contributed by atoms with Gasteiger partial charge in [0.2, 0.25) is 0 Å². The van der Waals surface area contributed by atoms with E-state index < -0.39 is 16.1 Å². The topological polar surface area (TPSA) is 88.2 Å². The molecule has 2 N–H and O–H groups in total. The van der Waals surface area contributed by atoms with Crippen LogP contribution in [0.3, 0.4) is 0 Å². The zero-order valence-corrected chi connectivity index (χ0v) is 14.8. The number of nitrogens with one attached hydrogen (secondary N) is 2. The van der Waals surface area contributed by atoms with E-state index in [4.69, 9.17) is 11.6 Å². The van der Waals surface area contributed by atoms with Gasteiger partial charge >= 0.3 is 6.03 Å². The summed E-state index contributed by atoms with van der Waals surface area (Å²) in [6.07, 6.45) is 0. The number of sulfonamides is 1. The number of benzene rings is 2. The van der Waals surface area contributed by atoms with E-state index in [0.717, 1.165) is 4.70 Å². The molecule has 6 nitrogen and oxygen atoms in total. The second-order valence-corrected chi connectivity index (χ2v) is 8.02. The normalized spacial score (nSPS) is 11.4. The van der Waals surface area contributed by atoms with Gasteiger partial charge in [-0.2, -0.15) is 0 Å². The summed E-state index contributed by atoms with van der Waals surface area (Å²) in [5.74, 6) is 0. The molecule has 3 aromatic rings. The Hall–Kier alpha value is -2.16. The molecule has 0 unspecified atom stereocenters. The molecule has 24 heavy (non-hydrogen) atoms. The van der Waals surface area contributed by atoms with E-state index in [0.29, 0.717) is 16.1 Å². The van der Waals surface area contributed by atoms with Crippen molar-refractivity contribution in [2.24, 2.45) is 0 Å². The number of carbonyl (C=O) groups is 1. The van der Waals surface area contributed by atoms with E-state index in [2.05, 4.69) is 10.3 Å². The highest BCUT2D eigenvalue weighted by molar-refractivity contribution is 7.90. The summed E-state index contributed by atoms with van der Waals surface area (Å²) in [4.78, 5) is 16.2. The first-order valence-electron chi connectivity index (χ1n) is 6.81. The second-order valence-electron chi connectivity index (χ2n) is 4.93. The van der Waals surface area contributed by atoms with Gasteiger partial charge in [0.05, 0.1) is 14.6 Å². The minimum absolute atomic E-state index is 0.0486. The zero-order valence-electron chi connectivity index (χ0n) is 12.4. The standard InChI is InChI=1S/C15H12ClN3O3S2/c1-9-5-2-3-8-12(9)24(21,22)19-14(20)18-15-17-13-10(16)6-4-7-11(13)23-15/h2-8H,1H3,(H2,17,18,19,20). The Morgan fingerprint density at radius 2 is 1.92 bits per heavy atom. The zero-order chi connectivity index (χ0) is 17.3. The molecule has 0 aliphatic heterocycles. The number of halogens is 1. The smallest absolute Gasteiger partial charge is 0.283 e. The lowest BCUT2D eigenvalue weighted by Crippen LogP contribution is -2.34. The van der Waals surface area contributed by atoms with Crippen LogP contribution in [-0.2, 0) is 10.0 Å². The third kappa shape index (κ3) is 3.35. The maximum Gasteiger partial charge on any atom is 0.334 e. The van der Waals surface area contributed by atoms with Crippen molar-refractivity contribution in [2.75, 3.05) is 5.32 Å². The molecule has 1 aromatic heterocycles. The number of hydrogen-bond donors (Lipinski definition) is 2. The van der Waals surface area contributed by atoms with E-state index in [1.165, 1.54) is 17.4 Å². The van der Waals surface area contributed by atoms with Gasteiger partial charge in [-0.15, -0.1) is 0 Å². The summed E-state index contributed by atoms with van der Waals surface area (Å²) < 4.78 is 27.3. The monoisotopic (exact) mass is 381 g/mol. The van der Waals surface area contributed by atoms with Crippen molar-refractivity contribution < 1.29 is 13.2 Å². The minimum Gasteiger partial charge on any atom is -0.283 e. The van der Waals surface area contributed by atoms with E-state index in [-0.39, 0.29) is 10.0 Å². The molecule has 1 heterocycles. The van der Waals surface area contributed by atoms with Crippen LogP contribution in [0.2, 0.25) is 5.02 Å². The number of amides is 2. The molecule has 124 valence electrons. The van der Waals surface area contributed by atoms with Crippen LogP contribution >= 0.6 is 22.9 Å². The molecule has 0 aliphatic rings. The van der Waals surface area contributed by atoms with Crippen LogP contribution in [0.5, 0.6) is 0 Å². The maximum atomic E-state index is 12.3. The second kappa shape index (κ2) is 6.39. The average molecular weight is 382 g/mol. The Morgan fingerprint density at radius 3 is 2.62 bits per heavy atom. The molecule has 0 spiro atoms. The highest BCUT2D eigenvalue weighted by Gasteiger charge is 2.20. The van der Waals surface area contributed by atoms with Gasteiger partial charge in [0.25, 0.3) is 10.0 Å². The van der Waals surface area contributed by atoms with Crippen LogP contribution in [0.15, 0.2) is 47.4 Å². The van der Waals surface area contributed by atoms with Crippen molar-refractivity contribution in [1.82, 2.24) is 9.71 Å². The predicted octanol–water partition coefficient (Wildman–Crippen LogP) is 3.77. The van der Waals surface area contributed by atoms with Crippen LogP contribution in [0.1, 0.15) is 5.56 Å². The van der Waals surface area contributed by atoms with Crippen molar-refractivity contribution in [3.63, 3.8) is 0 Å². The molecule has 0 aliphatic carbocycles. The summed E-state index contributed by atoms with van der Waals surface area (Å²) in [6, 6.07) is 10.8. The third-order valence-electron chi connectivity index (χ3n) is 3.20. The van der Waals surface area contributed by atoms with Crippen LogP contribution < -0.4 is 10.0 Å². The fourth-order valence-electron chi connectivity index (χ4n) is 2.13. The van der Waals surface area contributed by atoms with Crippen LogP contribution in [0.25, 0.3) is 10.2 Å². The van der Waals surface area contributed by atoms with Crippen LogP contribution in [0, 0.1) is 6.92 Å². The Labute approximate surface area is 147 Å². The van der Waals surface area contributed by atoms with Gasteiger partial charge in [-0.05, 0) is 30.7 Å². The molecule has 0 fully saturated rings. The number of hydrogen-bond acceptors (Lipinski definition) is 5.